The van der Waals surface area contributed by atoms with Gasteiger partial charge < -0.3 is 9.47 Å². The van der Waals surface area contributed by atoms with Crippen LogP contribution in [-0.2, 0) is 10.2 Å². The molecule has 0 radical (unpaired) electrons. The molecular formula is C31H30O3. The second-order valence-corrected chi connectivity index (χ2v) is 8.60. The Labute approximate surface area is 202 Å². The minimum Gasteiger partial charge on any atom is -0.496 e. The number of benzene rings is 4. The maximum absolute atomic E-state index is 11.6. The van der Waals surface area contributed by atoms with Crippen LogP contribution in [0.1, 0.15) is 47.7 Å². The molecule has 0 N–H and O–H groups in total. The van der Waals surface area contributed by atoms with Gasteiger partial charge in [-0.2, -0.15) is 0 Å². The van der Waals surface area contributed by atoms with Crippen LogP contribution in [0.3, 0.4) is 0 Å². The van der Waals surface area contributed by atoms with E-state index in [9.17, 15) is 4.79 Å². The zero-order valence-electron chi connectivity index (χ0n) is 19.3. The van der Waals surface area contributed by atoms with E-state index in [2.05, 4.69) is 85.8 Å². The van der Waals surface area contributed by atoms with Gasteiger partial charge in [0.25, 0.3) is 0 Å². The largest absolute Gasteiger partial charge is 0.496 e. The van der Waals surface area contributed by atoms with E-state index in [4.69, 9.17) is 9.47 Å². The molecule has 0 fully saturated rings. The van der Waals surface area contributed by atoms with Gasteiger partial charge in [-0.3, -0.25) is 4.79 Å². The fourth-order valence-electron chi connectivity index (χ4n) is 5.29. The van der Waals surface area contributed by atoms with E-state index in [0.717, 1.165) is 22.4 Å². The Bertz CT molecular complexity index is 1340. The van der Waals surface area contributed by atoms with Gasteiger partial charge in [-0.05, 0) is 70.5 Å². The van der Waals surface area contributed by atoms with Crippen molar-refractivity contribution < 1.29 is 14.3 Å². The van der Waals surface area contributed by atoms with Crippen molar-refractivity contribution in [3.63, 3.8) is 0 Å². The van der Waals surface area contributed by atoms with Crippen molar-refractivity contribution in [2.24, 2.45) is 0 Å². The third kappa shape index (κ3) is 3.40. The molecule has 0 bridgehead atoms. The molecular weight excluding hydrogens is 420 g/mol. The van der Waals surface area contributed by atoms with Gasteiger partial charge in [-0.15, -0.1) is 0 Å². The fourth-order valence-corrected chi connectivity index (χ4v) is 5.29. The van der Waals surface area contributed by atoms with E-state index >= 15 is 0 Å². The molecule has 172 valence electrons. The van der Waals surface area contributed by atoms with Gasteiger partial charge in [0.15, 0.2) is 0 Å². The van der Waals surface area contributed by atoms with Gasteiger partial charge in [0.2, 0.25) is 0 Å². The maximum Gasteiger partial charge on any atom is 0.308 e. The lowest BCUT2D eigenvalue weighted by Gasteiger charge is -2.34. The number of hydrogen-bond acceptors (Lipinski definition) is 3. The standard InChI is InChI=1S/C30H26O3.CH4/c1-19-17-22(13-15-28(19)32-4)30(23-14-16-29(20(2)18-23)33-21(3)31)26-11-7-5-9-24(26)25-10-6-8-12-27(25)30;/h5-18H,1-4H3;1H4. The minimum absolute atomic E-state index is 0. The van der Waals surface area contributed by atoms with Crippen LogP contribution in [0.5, 0.6) is 11.5 Å². The maximum atomic E-state index is 11.6. The third-order valence-electron chi connectivity index (χ3n) is 6.64. The molecule has 0 aromatic heterocycles. The Morgan fingerprint density at radius 1 is 0.706 bits per heavy atom. The van der Waals surface area contributed by atoms with Crippen molar-refractivity contribution in [3.05, 3.63) is 118 Å². The van der Waals surface area contributed by atoms with E-state index in [-0.39, 0.29) is 13.4 Å². The summed E-state index contributed by atoms with van der Waals surface area (Å²) in [7, 11) is 1.70. The van der Waals surface area contributed by atoms with Gasteiger partial charge in [-0.25, -0.2) is 0 Å². The topological polar surface area (TPSA) is 35.5 Å². The van der Waals surface area contributed by atoms with Gasteiger partial charge in [0.05, 0.1) is 12.5 Å². The molecule has 0 saturated heterocycles. The van der Waals surface area contributed by atoms with Crippen LogP contribution >= 0.6 is 0 Å². The Morgan fingerprint density at radius 3 is 1.62 bits per heavy atom. The number of esters is 1. The van der Waals surface area contributed by atoms with Crippen molar-refractivity contribution in [1.29, 1.82) is 0 Å². The number of methoxy groups -OCH3 is 1. The molecule has 0 heterocycles. The molecule has 1 aliphatic rings. The van der Waals surface area contributed by atoms with E-state index < -0.39 is 5.41 Å². The van der Waals surface area contributed by atoms with Gasteiger partial charge in [0.1, 0.15) is 11.5 Å². The van der Waals surface area contributed by atoms with Crippen LogP contribution in [0.2, 0.25) is 0 Å². The highest BCUT2D eigenvalue weighted by Crippen LogP contribution is 2.56. The Balaban J connectivity index is 0.00000274. The monoisotopic (exact) mass is 450 g/mol. The van der Waals surface area contributed by atoms with E-state index in [1.165, 1.54) is 34.7 Å². The number of carbonyl (C=O) groups is 1. The summed E-state index contributed by atoms with van der Waals surface area (Å²) < 4.78 is 11.0. The Kier molecular flexibility index (Phi) is 6.05. The Hall–Kier alpha value is -3.85. The zero-order valence-corrected chi connectivity index (χ0v) is 19.3. The van der Waals surface area contributed by atoms with Gasteiger partial charge in [0, 0.05) is 6.92 Å². The Morgan fingerprint density at radius 2 is 1.18 bits per heavy atom. The van der Waals surface area contributed by atoms with Crippen molar-refractivity contribution >= 4 is 5.97 Å². The average molecular weight is 451 g/mol. The van der Waals surface area contributed by atoms with Crippen LogP contribution in [0.25, 0.3) is 11.1 Å². The quantitative estimate of drug-likeness (QED) is 0.214. The first-order valence-electron chi connectivity index (χ1n) is 11.1. The lowest BCUT2D eigenvalue weighted by Crippen LogP contribution is -2.29. The highest BCUT2D eigenvalue weighted by molar-refractivity contribution is 5.86. The number of rotatable bonds is 4. The summed E-state index contributed by atoms with van der Waals surface area (Å²) in [6.07, 6.45) is 0. The van der Waals surface area contributed by atoms with Crippen LogP contribution in [0.4, 0.5) is 0 Å². The lowest BCUT2D eigenvalue weighted by atomic mass is 9.67. The van der Waals surface area contributed by atoms with Gasteiger partial charge in [-0.1, -0.05) is 80.2 Å². The summed E-state index contributed by atoms with van der Waals surface area (Å²) in [5, 5.41) is 0. The summed E-state index contributed by atoms with van der Waals surface area (Å²) in [5.41, 5.74) is 8.80. The first-order chi connectivity index (χ1) is 16.0. The highest BCUT2D eigenvalue weighted by atomic mass is 16.5. The summed E-state index contributed by atoms with van der Waals surface area (Å²) in [4.78, 5) is 11.6. The van der Waals surface area contributed by atoms with Crippen LogP contribution in [-0.4, -0.2) is 13.1 Å². The van der Waals surface area contributed by atoms with E-state index in [1.54, 1.807) is 7.11 Å². The second-order valence-electron chi connectivity index (χ2n) is 8.60. The van der Waals surface area contributed by atoms with Crippen molar-refractivity contribution in [3.8, 4) is 22.6 Å². The van der Waals surface area contributed by atoms with Gasteiger partial charge >= 0.3 is 5.97 Å². The fraction of sp³-hybridized carbons (Fsp3) is 0.194. The molecule has 3 nitrogen and oxygen atoms in total. The lowest BCUT2D eigenvalue weighted by molar-refractivity contribution is -0.131. The first kappa shape index (κ1) is 23.3. The number of aryl methyl sites for hydroxylation is 2. The van der Waals surface area contributed by atoms with E-state index in [0.29, 0.717) is 5.75 Å². The molecule has 4 aromatic carbocycles. The van der Waals surface area contributed by atoms with Crippen molar-refractivity contribution in [1.82, 2.24) is 0 Å². The summed E-state index contributed by atoms with van der Waals surface area (Å²) >= 11 is 0. The SMILES string of the molecule is C.COc1ccc(C2(c3ccc(OC(C)=O)c(C)c3)c3ccccc3-c3ccccc32)cc1C. The molecule has 0 spiro atoms. The van der Waals surface area contributed by atoms with Crippen molar-refractivity contribution in [2.75, 3.05) is 7.11 Å². The minimum atomic E-state index is -0.496. The number of ether oxygens (including phenoxy) is 2. The normalized spacial score (nSPS) is 12.8. The van der Waals surface area contributed by atoms with E-state index in [1.807, 2.05) is 13.0 Å². The van der Waals surface area contributed by atoms with Crippen LogP contribution in [0.15, 0.2) is 84.9 Å². The second kappa shape index (κ2) is 8.83. The summed E-state index contributed by atoms with van der Waals surface area (Å²) in [5.74, 6) is 1.14. The third-order valence-corrected chi connectivity index (χ3v) is 6.64. The molecule has 3 heteroatoms. The molecule has 4 aromatic rings. The predicted octanol–water partition coefficient (Wildman–Crippen LogP) is 7.24. The average Bonchev–Trinajstić information content (AvgIpc) is 3.11. The molecule has 0 unspecified atom stereocenters. The molecule has 5 rings (SSSR count). The molecule has 0 saturated carbocycles. The predicted molar refractivity (Wildman–Crippen MR) is 138 cm³/mol. The first-order valence-corrected chi connectivity index (χ1v) is 11.1. The number of hydrogen-bond donors (Lipinski definition) is 0. The van der Waals surface area contributed by atoms with Crippen LogP contribution < -0.4 is 9.47 Å². The van der Waals surface area contributed by atoms with Crippen LogP contribution in [0, 0.1) is 13.8 Å². The zero-order chi connectivity index (χ0) is 23.2. The van der Waals surface area contributed by atoms with Crippen molar-refractivity contribution in [2.45, 2.75) is 33.6 Å². The molecule has 1 aliphatic carbocycles. The summed E-state index contributed by atoms with van der Waals surface area (Å²) in [6, 6.07) is 29.9. The highest BCUT2D eigenvalue weighted by Gasteiger charge is 2.46. The molecule has 0 aliphatic heterocycles. The number of fused-ring (bicyclic) bond motifs is 3. The smallest absolute Gasteiger partial charge is 0.308 e. The number of carbonyl (C=O) groups excluding carboxylic acids is 1. The molecule has 0 amide bonds. The molecule has 34 heavy (non-hydrogen) atoms. The summed E-state index contributed by atoms with van der Waals surface area (Å²) in [6.45, 7) is 5.50. The molecule has 0 atom stereocenters.